The van der Waals surface area contributed by atoms with E-state index < -0.39 is 0 Å². The second kappa shape index (κ2) is 6.16. The van der Waals surface area contributed by atoms with Gasteiger partial charge in [-0.15, -0.1) is 11.3 Å². The molecule has 0 fully saturated rings. The topological polar surface area (TPSA) is 66.2 Å². The highest BCUT2D eigenvalue weighted by molar-refractivity contribution is 7.09. The van der Waals surface area contributed by atoms with Crippen molar-refractivity contribution in [1.82, 2.24) is 4.98 Å². The number of anilines is 1. The molecular weight excluding hydrogens is 298 g/mol. The molecule has 0 bridgehead atoms. The fourth-order valence-electron chi connectivity index (χ4n) is 2.38. The fourth-order valence-corrected chi connectivity index (χ4v) is 3.29. The normalized spacial score (nSPS) is 13.5. The minimum Gasteiger partial charge on any atom is -0.482 e. The number of ether oxygens (including phenoxy) is 1. The Bertz CT molecular complexity index is 748. The molecule has 1 aliphatic heterocycles. The van der Waals surface area contributed by atoms with Gasteiger partial charge in [0.25, 0.3) is 5.91 Å². The van der Waals surface area contributed by atoms with Crippen LogP contribution < -0.4 is 9.64 Å². The molecule has 2 heterocycles. The van der Waals surface area contributed by atoms with E-state index in [4.69, 9.17) is 10.00 Å². The van der Waals surface area contributed by atoms with Crippen LogP contribution in [0, 0.1) is 11.3 Å². The van der Waals surface area contributed by atoms with Gasteiger partial charge in [0.1, 0.15) is 12.3 Å². The largest absolute Gasteiger partial charge is 0.482 e. The number of rotatable bonds is 4. The van der Waals surface area contributed by atoms with Gasteiger partial charge in [-0.2, -0.15) is 5.26 Å². The standard InChI is InChI=1S/C16H15N3O2S/c1-2-3-15-18-12(10-22-15)11-4-5-14-13(8-11)19(7-6-17)16(20)9-21-14/h4-5,8,10H,2-3,7,9H2,1H3. The van der Waals surface area contributed by atoms with Crippen molar-refractivity contribution in [2.24, 2.45) is 0 Å². The van der Waals surface area contributed by atoms with Crippen molar-refractivity contribution in [1.29, 1.82) is 5.26 Å². The van der Waals surface area contributed by atoms with E-state index in [1.807, 2.05) is 29.6 Å². The molecule has 1 aliphatic rings. The van der Waals surface area contributed by atoms with E-state index in [-0.39, 0.29) is 19.1 Å². The third kappa shape index (κ3) is 2.68. The van der Waals surface area contributed by atoms with Gasteiger partial charge in [-0.3, -0.25) is 9.69 Å². The summed E-state index contributed by atoms with van der Waals surface area (Å²) in [6.45, 7) is 2.13. The predicted octanol–water partition coefficient (Wildman–Crippen LogP) is 3.01. The number of carbonyl (C=O) groups is 1. The number of aryl methyl sites for hydroxylation is 1. The quantitative estimate of drug-likeness (QED) is 0.814. The average Bonchev–Trinajstić information content (AvgIpc) is 2.99. The third-order valence-electron chi connectivity index (χ3n) is 3.44. The molecule has 0 radical (unpaired) electrons. The second-order valence-corrected chi connectivity index (χ2v) is 5.93. The first kappa shape index (κ1) is 14.5. The van der Waals surface area contributed by atoms with E-state index in [1.165, 1.54) is 4.90 Å². The number of hydrogen-bond acceptors (Lipinski definition) is 5. The molecule has 0 atom stereocenters. The van der Waals surface area contributed by atoms with Gasteiger partial charge >= 0.3 is 0 Å². The first-order valence-electron chi connectivity index (χ1n) is 7.12. The van der Waals surface area contributed by atoms with Crippen molar-refractivity contribution in [3.63, 3.8) is 0 Å². The van der Waals surface area contributed by atoms with E-state index in [9.17, 15) is 4.79 Å². The second-order valence-electron chi connectivity index (χ2n) is 4.99. The van der Waals surface area contributed by atoms with Crippen molar-refractivity contribution in [2.75, 3.05) is 18.1 Å². The van der Waals surface area contributed by atoms with Crippen LogP contribution in [-0.4, -0.2) is 24.0 Å². The molecule has 0 N–H and O–H groups in total. The first-order chi connectivity index (χ1) is 10.7. The average molecular weight is 313 g/mol. The van der Waals surface area contributed by atoms with Crippen LogP contribution in [0.4, 0.5) is 5.69 Å². The Balaban J connectivity index is 1.98. The summed E-state index contributed by atoms with van der Waals surface area (Å²) >= 11 is 1.64. The molecular formula is C16H15N3O2S. The molecule has 5 nitrogen and oxygen atoms in total. The Kier molecular flexibility index (Phi) is 4.07. The zero-order valence-corrected chi connectivity index (χ0v) is 13.0. The number of aromatic nitrogens is 1. The highest BCUT2D eigenvalue weighted by Crippen LogP contribution is 2.36. The van der Waals surface area contributed by atoms with Crippen LogP contribution in [0.3, 0.4) is 0 Å². The molecule has 0 saturated carbocycles. The third-order valence-corrected chi connectivity index (χ3v) is 4.35. The summed E-state index contributed by atoms with van der Waals surface area (Å²) in [6, 6.07) is 7.66. The predicted molar refractivity (Wildman–Crippen MR) is 85.0 cm³/mol. The highest BCUT2D eigenvalue weighted by Gasteiger charge is 2.25. The van der Waals surface area contributed by atoms with Gasteiger partial charge in [-0.1, -0.05) is 6.92 Å². The van der Waals surface area contributed by atoms with Gasteiger partial charge in [0.2, 0.25) is 0 Å². The van der Waals surface area contributed by atoms with Gasteiger partial charge in [0.05, 0.1) is 22.5 Å². The first-order valence-corrected chi connectivity index (χ1v) is 8.00. The van der Waals surface area contributed by atoms with Gasteiger partial charge < -0.3 is 4.74 Å². The molecule has 2 aromatic rings. The van der Waals surface area contributed by atoms with Gasteiger partial charge in [-0.05, 0) is 31.0 Å². The summed E-state index contributed by atoms with van der Waals surface area (Å²) < 4.78 is 5.43. The number of amides is 1. The van der Waals surface area contributed by atoms with Crippen molar-refractivity contribution < 1.29 is 9.53 Å². The zero-order valence-electron chi connectivity index (χ0n) is 12.2. The lowest BCUT2D eigenvalue weighted by atomic mass is 10.1. The maximum Gasteiger partial charge on any atom is 0.265 e. The van der Waals surface area contributed by atoms with Gasteiger partial charge in [-0.25, -0.2) is 4.98 Å². The number of thiazole rings is 1. The van der Waals surface area contributed by atoms with E-state index in [0.29, 0.717) is 11.4 Å². The fraction of sp³-hybridized carbons (Fsp3) is 0.312. The monoisotopic (exact) mass is 313 g/mol. The summed E-state index contributed by atoms with van der Waals surface area (Å²) in [4.78, 5) is 18.0. The van der Waals surface area contributed by atoms with Crippen LogP contribution in [0.5, 0.6) is 5.75 Å². The van der Waals surface area contributed by atoms with Crippen LogP contribution >= 0.6 is 11.3 Å². The van der Waals surface area contributed by atoms with Gasteiger partial charge in [0.15, 0.2) is 6.61 Å². The summed E-state index contributed by atoms with van der Waals surface area (Å²) in [6.07, 6.45) is 2.03. The smallest absolute Gasteiger partial charge is 0.265 e. The molecule has 3 rings (SSSR count). The number of fused-ring (bicyclic) bond motifs is 1. The van der Waals surface area contributed by atoms with E-state index in [2.05, 4.69) is 11.9 Å². The number of nitriles is 1. The molecule has 6 heteroatoms. The number of benzene rings is 1. The summed E-state index contributed by atoms with van der Waals surface area (Å²) in [5.41, 5.74) is 2.46. The molecule has 22 heavy (non-hydrogen) atoms. The van der Waals surface area contributed by atoms with Crippen molar-refractivity contribution in [3.8, 4) is 23.1 Å². The minimum atomic E-state index is -0.198. The Morgan fingerprint density at radius 3 is 3.14 bits per heavy atom. The lowest BCUT2D eigenvalue weighted by Crippen LogP contribution is -2.39. The number of hydrogen-bond donors (Lipinski definition) is 0. The summed E-state index contributed by atoms with van der Waals surface area (Å²) in [5.74, 6) is 0.429. The maximum absolute atomic E-state index is 11.9. The van der Waals surface area contributed by atoms with Crippen molar-refractivity contribution in [2.45, 2.75) is 19.8 Å². The molecule has 112 valence electrons. The number of carbonyl (C=O) groups excluding carboxylic acids is 1. The Morgan fingerprint density at radius 1 is 1.50 bits per heavy atom. The maximum atomic E-state index is 11.9. The van der Waals surface area contributed by atoms with Gasteiger partial charge in [0, 0.05) is 10.9 Å². The molecule has 0 unspecified atom stereocenters. The lowest BCUT2D eigenvalue weighted by Gasteiger charge is -2.27. The summed E-state index contributed by atoms with van der Waals surface area (Å²) in [7, 11) is 0. The Morgan fingerprint density at radius 2 is 2.36 bits per heavy atom. The highest BCUT2D eigenvalue weighted by atomic mass is 32.1. The minimum absolute atomic E-state index is 0.0224. The van der Waals surface area contributed by atoms with Crippen LogP contribution in [-0.2, 0) is 11.2 Å². The molecule has 0 aliphatic carbocycles. The molecule has 0 spiro atoms. The van der Waals surface area contributed by atoms with E-state index in [1.54, 1.807) is 11.3 Å². The molecule has 1 amide bonds. The van der Waals surface area contributed by atoms with Crippen LogP contribution in [0.15, 0.2) is 23.6 Å². The molecule has 0 saturated heterocycles. The number of nitrogens with zero attached hydrogens (tertiary/aromatic N) is 3. The Labute approximate surface area is 132 Å². The Hall–Kier alpha value is -2.39. The molecule has 1 aromatic carbocycles. The molecule has 1 aromatic heterocycles. The van der Waals surface area contributed by atoms with E-state index in [0.717, 1.165) is 29.1 Å². The van der Waals surface area contributed by atoms with Crippen LogP contribution in [0.1, 0.15) is 18.4 Å². The SMILES string of the molecule is CCCc1nc(-c2ccc3c(c2)N(CC#N)C(=O)CO3)cs1. The van der Waals surface area contributed by atoms with Crippen molar-refractivity contribution in [3.05, 3.63) is 28.6 Å². The lowest BCUT2D eigenvalue weighted by molar-refractivity contribution is -0.121. The zero-order chi connectivity index (χ0) is 15.5. The van der Waals surface area contributed by atoms with Crippen LogP contribution in [0.2, 0.25) is 0 Å². The van der Waals surface area contributed by atoms with E-state index >= 15 is 0 Å². The van der Waals surface area contributed by atoms with Crippen molar-refractivity contribution >= 4 is 22.9 Å². The van der Waals surface area contributed by atoms with Crippen LogP contribution in [0.25, 0.3) is 11.3 Å². The summed E-state index contributed by atoms with van der Waals surface area (Å²) in [5, 5.41) is 12.0.